The van der Waals surface area contributed by atoms with E-state index >= 15 is 0 Å². The fourth-order valence-electron chi connectivity index (χ4n) is 5.20. The molecular formula is C30H36N4O6S. The maximum atomic E-state index is 13.7. The summed E-state index contributed by atoms with van der Waals surface area (Å²) < 4.78 is 17.1. The summed E-state index contributed by atoms with van der Waals surface area (Å²) >= 11 is 1.32. The van der Waals surface area contributed by atoms with Gasteiger partial charge in [0.1, 0.15) is 6.04 Å². The molecule has 218 valence electrons. The average molecular weight is 581 g/mol. The van der Waals surface area contributed by atoms with Crippen LogP contribution in [0, 0.1) is 5.92 Å². The summed E-state index contributed by atoms with van der Waals surface area (Å²) in [6.07, 6.45) is 3.27. The van der Waals surface area contributed by atoms with Crippen molar-refractivity contribution in [2.75, 3.05) is 32.0 Å². The smallest absolute Gasteiger partial charge is 0.248 e. The number of anilines is 2. The highest BCUT2D eigenvalue weighted by atomic mass is 32.1. The number of ether oxygens (including phenoxy) is 3. The van der Waals surface area contributed by atoms with E-state index in [9.17, 15) is 14.4 Å². The number of nitrogens with zero attached hydrogens (tertiary/aromatic N) is 1. The zero-order valence-corrected chi connectivity index (χ0v) is 24.9. The zero-order valence-electron chi connectivity index (χ0n) is 24.1. The first-order chi connectivity index (χ1) is 19.7. The third kappa shape index (κ3) is 6.62. The van der Waals surface area contributed by atoms with Crippen molar-refractivity contribution < 1.29 is 23.8 Å². The van der Waals surface area contributed by atoms with Gasteiger partial charge in [-0.25, -0.2) is 4.98 Å². The number of carbonyl (C=O) groups is 2. The molecule has 0 spiro atoms. The number of nitrogens with one attached hydrogen (secondary N) is 3. The molecule has 0 saturated heterocycles. The van der Waals surface area contributed by atoms with Crippen LogP contribution in [0.2, 0.25) is 0 Å². The highest BCUT2D eigenvalue weighted by Gasteiger charge is 2.30. The molecule has 11 heteroatoms. The molecule has 1 aromatic heterocycles. The second-order valence-electron chi connectivity index (χ2n) is 10.2. The van der Waals surface area contributed by atoms with Crippen LogP contribution in [-0.4, -0.2) is 44.2 Å². The molecule has 1 aliphatic rings. The topological polar surface area (TPSA) is 128 Å². The lowest BCUT2D eigenvalue weighted by atomic mass is 9.95. The molecular weight excluding hydrogens is 544 g/mol. The molecule has 0 fully saturated rings. The average Bonchev–Trinajstić information content (AvgIpc) is 3.34. The number of rotatable bonds is 10. The van der Waals surface area contributed by atoms with Gasteiger partial charge in [0.25, 0.3) is 0 Å². The van der Waals surface area contributed by atoms with Crippen molar-refractivity contribution in [3.63, 3.8) is 0 Å². The van der Waals surface area contributed by atoms with Crippen LogP contribution in [0.5, 0.6) is 17.2 Å². The molecule has 0 aliphatic heterocycles. The van der Waals surface area contributed by atoms with Gasteiger partial charge in [0.15, 0.2) is 16.6 Å². The molecule has 1 aliphatic carbocycles. The van der Waals surface area contributed by atoms with Crippen LogP contribution < -0.4 is 35.6 Å². The predicted molar refractivity (Wildman–Crippen MR) is 160 cm³/mol. The van der Waals surface area contributed by atoms with Gasteiger partial charge in [-0.1, -0.05) is 19.9 Å². The van der Waals surface area contributed by atoms with Crippen molar-refractivity contribution in [2.24, 2.45) is 5.92 Å². The quantitative estimate of drug-likeness (QED) is 0.313. The van der Waals surface area contributed by atoms with E-state index in [4.69, 9.17) is 14.2 Å². The van der Waals surface area contributed by atoms with E-state index in [1.165, 1.54) is 24.3 Å². The van der Waals surface area contributed by atoms with E-state index < -0.39 is 12.1 Å². The Balaban J connectivity index is 1.87. The molecule has 41 heavy (non-hydrogen) atoms. The van der Waals surface area contributed by atoms with E-state index in [0.717, 1.165) is 11.1 Å². The van der Waals surface area contributed by atoms with Gasteiger partial charge in [-0.2, -0.15) is 0 Å². The van der Waals surface area contributed by atoms with Gasteiger partial charge in [-0.05, 0) is 60.1 Å². The van der Waals surface area contributed by atoms with E-state index in [0.29, 0.717) is 52.8 Å². The van der Waals surface area contributed by atoms with Gasteiger partial charge in [0.2, 0.25) is 23.0 Å². The number of amides is 2. The number of hydrogen-bond acceptors (Lipinski definition) is 9. The Morgan fingerprint density at radius 3 is 2.46 bits per heavy atom. The standard InChI is InChI=1S/C30H36N4O6S/c1-16(2)13-23(29(37)34-30-31-11-12-41-30)33-22-10-8-19-20(15-24(22)36)21(32-17(3)35)9-7-18-14-25(38-4)27(39-5)28(40-6)26(18)19/h8,10-12,14-16,21,23H,7,9,13H2,1-6H3,(H,32,35)(H,33,36)(H,31,34,37). The molecule has 2 amide bonds. The van der Waals surface area contributed by atoms with Crippen molar-refractivity contribution >= 4 is 34.0 Å². The summed E-state index contributed by atoms with van der Waals surface area (Å²) in [4.78, 5) is 43.2. The van der Waals surface area contributed by atoms with E-state index in [1.54, 1.807) is 39.0 Å². The molecule has 0 saturated carbocycles. The van der Waals surface area contributed by atoms with E-state index in [2.05, 4.69) is 20.9 Å². The molecule has 2 unspecified atom stereocenters. The first-order valence-electron chi connectivity index (χ1n) is 13.4. The van der Waals surface area contributed by atoms with Crippen LogP contribution in [0.4, 0.5) is 10.8 Å². The summed E-state index contributed by atoms with van der Waals surface area (Å²) in [5, 5.41) is 11.3. The third-order valence-corrected chi connectivity index (χ3v) is 7.62. The van der Waals surface area contributed by atoms with Crippen LogP contribution >= 0.6 is 11.3 Å². The molecule has 2 aromatic carbocycles. The molecule has 0 bridgehead atoms. The second-order valence-corrected chi connectivity index (χ2v) is 11.1. The molecule has 10 nitrogen and oxygen atoms in total. The molecule has 0 radical (unpaired) electrons. The number of fused-ring (bicyclic) bond motifs is 3. The highest BCUT2D eigenvalue weighted by Crippen LogP contribution is 2.50. The number of hydrogen-bond donors (Lipinski definition) is 3. The van der Waals surface area contributed by atoms with Crippen LogP contribution in [0.15, 0.2) is 40.6 Å². The Labute approximate surface area is 243 Å². The van der Waals surface area contributed by atoms with Gasteiger partial charge in [0, 0.05) is 24.1 Å². The SMILES string of the molecule is COc1cc2c(c(OC)c1OC)-c1ccc(NC(CC(C)C)C(=O)Nc3nccs3)c(=O)cc1C(NC(C)=O)CC2. The fourth-order valence-corrected chi connectivity index (χ4v) is 5.73. The lowest BCUT2D eigenvalue weighted by Crippen LogP contribution is -2.37. The largest absolute Gasteiger partial charge is 0.493 e. The first-order valence-corrected chi connectivity index (χ1v) is 14.3. The Morgan fingerprint density at radius 1 is 1.10 bits per heavy atom. The first kappa shape index (κ1) is 29.9. The Bertz CT molecular complexity index is 1470. The maximum absolute atomic E-state index is 13.7. The van der Waals surface area contributed by atoms with E-state index in [1.807, 2.05) is 26.0 Å². The Hall–Kier alpha value is -4.12. The fraction of sp³-hybridized carbons (Fsp3) is 0.400. The van der Waals surface area contributed by atoms with Gasteiger partial charge in [-0.3, -0.25) is 14.4 Å². The summed E-state index contributed by atoms with van der Waals surface area (Å²) in [6, 6.07) is 5.85. The zero-order chi connectivity index (χ0) is 29.7. The van der Waals surface area contributed by atoms with Crippen LogP contribution in [0.25, 0.3) is 11.1 Å². The van der Waals surface area contributed by atoms with E-state index in [-0.39, 0.29) is 28.8 Å². The maximum Gasteiger partial charge on any atom is 0.248 e. The monoisotopic (exact) mass is 580 g/mol. The normalized spacial score (nSPS) is 14.7. The number of methoxy groups -OCH3 is 3. The van der Waals surface area contributed by atoms with Crippen molar-refractivity contribution in [3.05, 3.63) is 57.2 Å². The van der Waals surface area contributed by atoms with Crippen LogP contribution in [0.1, 0.15) is 50.8 Å². The molecule has 1 heterocycles. The second kappa shape index (κ2) is 13.0. The molecule has 4 rings (SSSR count). The Kier molecular flexibility index (Phi) is 9.49. The van der Waals surface area contributed by atoms with Crippen molar-refractivity contribution in [3.8, 4) is 28.4 Å². The third-order valence-electron chi connectivity index (χ3n) is 6.93. The molecule has 2 atom stereocenters. The number of thiazole rings is 1. The van der Waals surface area contributed by atoms with Crippen LogP contribution in [0.3, 0.4) is 0 Å². The predicted octanol–water partition coefficient (Wildman–Crippen LogP) is 4.78. The van der Waals surface area contributed by atoms with Gasteiger partial charge < -0.3 is 30.2 Å². The summed E-state index contributed by atoms with van der Waals surface area (Å²) in [7, 11) is 4.66. The minimum Gasteiger partial charge on any atom is -0.493 e. The van der Waals surface area contributed by atoms with Gasteiger partial charge >= 0.3 is 0 Å². The lowest BCUT2D eigenvalue weighted by Gasteiger charge is -2.20. The summed E-state index contributed by atoms with van der Waals surface area (Å²) in [6.45, 7) is 5.48. The van der Waals surface area contributed by atoms with Crippen LogP contribution in [-0.2, 0) is 16.0 Å². The molecule has 3 aromatic rings. The lowest BCUT2D eigenvalue weighted by molar-refractivity contribution is -0.120. The number of benzene rings is 1. The highest BCUT2D eigenvalue weighted by molar-refractivity contribution is 7.13. The summed E-state index contributed by atoms with van der Waals surface area (Å²) in [5.74, 6) is 1.13. The number of aryl methyl sites for hydroxylation is 1. The number of aromatic nitrogens is 1. The van der Waals surface area contributed by atoms with Gasteiger partial charge in [0.05, 0.1) is 33.1 Å². The minimum atomic E-state index is -0.675. The van der Waals surface area contributed by atoms with Crippen molar-refractivity contribution in [2.45, 2.75) is 52.1 Å². The van der Waals surface area contributed by atoms with Crippen molar-refractivity contribution in [1.29, 1.82) is 0 Å². The Morgan fingerprint density at radius 2 is 1.85 bits per heavy atom. The van der Waals surface area contributed by atoms with Gasteiger partial charge in [-0.15, -0.1) is 11.3 Å². The van der Waals surface area contributed by atoms with Crippen molar-refractivity contribution in [1.82, 2.24) is 10.3 Å². The number of carbonyl (C=O) groups excluding carboxylic acids is 2. The summed E-state index contributed by atoms with van der Waals surface area (Å²) in [5.41, 5.74) is 3.01. The minimum absolute atomic E-state index is 0.182. The molecule has 3 N–H and O–H groups in total.